The van der Waals surface area contributed by atoms with Crippen LogP contribution in [-0.4, -0.2) is 26.9 Å². The van der Waals surface area contributed by atoms with E-state index in [1.165, 1.54) is 18.4 Å². The third-order valence-corrected chi connectivity index (χ3v) is 6.79. The van der Waals surface area contributed by atoms with Crippen molar-refractivity contribution in [2.75, 3.05) is 6.61 Å². The second kappa shape index (κ2) is 10.9. The van der Waals surface area contributed by atoms with Gasteiger partial charge in [-0.25, -0.2) is 17.9 Å². The van der Waals surface area contributed by atoms with E-state index in [0.717, 1.165) is 5.56 Å². The molecular formula is C26H30N2O6S. The number of hydrogen-bond donors (Lipinski definition) is 2. The summed E-state index contributed by atoms with van der Waals surface area (Å²) in [6.07, 6.45) is 1.51. The van der Waals surface area contributed by atoms with E-state index in [1.807, 2.05) is 12.1 Å². The van der Waals surface area contributed by atoms with Crippen molar-refractivity contribution < 1.29 is 27.2 Å². The van der Waals surface area contributed by atoms with Crippen molar-refractivity contribution in [1.29, 1.82) is 0 Å². The number of furan rings is 1. The lowest BCUT2D eigenvalue weighted by molar-refractivity contribution is -0.125. The summed E-state index contributed by atoms with van der Waals surface area (Å²) in [6, 6.07) is 16.2. The molecule has 35 heavy (non-hydrogen) atoms. The van der Waals surface area contributed by atoms with Crippen molar-refractivity contribution in [2.24, 2.45) is 0 Å². The Morgan fingerprint density at radius 3 is 2.23 bits per heavy atom. The summed E-state index contributed by atoms with van der Waals surface area (Å²) in [7, 11) is -3.68. The molecule has 0 saturated heterocycles. The van der Waals surface area contributed by atoms with E-state index in [1.54, 1.807) is 43.3 Å². The molecule has 186 valence electrons. The number of esters is 1. The summed E-state index contributed by atoms with van der Waals surface area (Å²) < 4.78 is 38.1. The zero-order valence-electron chi connectivity index (χ0n) is 20.2. The highest BCUT2D eigenvalue weighted by molar-refractivity contribution is 7.89. The van der Waals surface area contributed by atoms with Crippen LogP contribution in [0, 0.1) is 0 Å². The van der Waals surface area contributed by atoms with Gasteiger partial charge in [0.05, 0.1) is 22.8 Å². The Hall–Kier alpha value is -3.43. The molecule has 1 amide bonds. The summed E-state index contributed by atoms with van der Waals surface area (Å²) in [5.41, 5.74) is 1.90. The lowest BCUT2D eigenvalue weighted by atomic mass is 9.87. The molecule has 0 aliphatic heterocycles. The molecule has 0 fully saturated rings. The van der Waals surface area contributed by atoms with Crippen LogP contribution in [0.1, 0.15) is 61.0 Å². The molecule has 2 aromatic carbocycles. The van der Waals surface area contributed by atoms with Gasteiger partial charge in [0.1, 0.15) is 5.76 Å². The van der Waals surface area contributed by atoms with Crippen LogP contribution in [0.5, 0.6) is 0 Å². The first kappa shape index (κ1) is 26.2. The minimum absolute atomic E-state index is 0.0613. The van der Waals surface area contributed by atoms with Crippen molar-refractivity contribution in [1.82, 2.24) is 10.0 Å². The number of ether oxygens (including phenoxy) is 1. The van der Waals surface area contributed by atoms with Gasteiger partial charge in [-0.05, 0) is 59.9 Å². The normalized spacial score (nSPS) is 12.7. The number of rotatable bonds is 9. The number of hydrogen-bond acceptors (Lipinski definition) is 6. The Kier molecular flexibility index (Phi) is 8.14. The number of nitrogens with one attached hydrogen (secondary N) is 2. The van der Waals surface area contributed by atoms with E-state index in [-0.39, 0.29) is 28.5 Å². The highest BCUT2D eigenvalue weighted by Crippen LogP contribution is 2.23. The molecule has 1 atom stereocenters. The largest absolute Gasteiger partial charge is 0.467 e. The maximum atomic E-state index is 12.6. The Balaban J connectivity index is 1.50. The summed E-state index contributed by atoms with van der Waals surface area (Å²) in [4.78, 5) is 24.4. The van der Waals surface area contributed by atoms with E-state index in [4.69, 9.17) is 9.15 Å². The number of carbonyl (C=O) groups is 2. The van der Waals surface area contributed by atoms with Gasteiger partial charge >= 0.3 is 5.97 Å². The van der Waals surface area contributed by atoms with Crippen LogP contribution >= 0.6 is 0 Å². The van der Waals surface area contributed by atoms with Gasteiger partial charge in [0.2, 0.25) is 10.0 Å². The molecule has 1 heterocycles. The first-order chi connectivity index (χ1) is 16.5. The average molecular weight is 499 g/mol. The average Bonchev–Trinajstić information content (AvgIpc) is 3.36. The summed E-state index contributed by atoms with van der Waals surface area (Å²) in [5, 5.41) is 2.68. The van der Waals surface area contributed by atoms with Crippen LogP contribution in [0.15, 0.2) is 76.2 Å². The van der Waals surface area contributed by atoms with Crippen molar-refractivity contribution in [2.45, 2.75) is 50.6 Å². The standard InChI is InChI=1S/C26H30N2O6S/c1-18(23-6-5-15-33-23)28-24(29)17-34-25(30)20-9-7-19(8-10-20)16-27-35(31,32)22-13-11-21(12-14-22)26(2,3)4/h5-15,18,27H,16-17H2,1-4H3,(H,28,29). The molecule has 0 radical (unpaired) electrons. The highest BCUT2D eigenvalue weighted by Gasteiger charge is 2.18. The Labute approximate surface area is 205 Å². The van der Waals surface area contributed by atoms with Crippen LogP contribution in [0.4, 0.5) is 0 Å². The minimum Gasteiger partial charge on any atom is -0.467 e. The van der Waals surface area contributed by atoms with Crippen molar-refractivity contribution in [3.63, 3.8) is 0 Å². The second-order valence-corrected chi connectivity index (χ2v) is 10.9. The van der Waals surface area contributed by atoms with Gasteiger partial charge < -0.3 is 14.5 Å². The number of amides is 1. The number of carbonyl (C=O) groups excluding carboxylic acids is 2. The summed E-state index contributed by atoms with van der Waals surface area (Å²) in [5.74, 6) is -0.515. The van der Waals surface area contributed by atoms with E-state index in [2.05, 4.69) is 30.8 Å². The fraction of sp³-hybridized carbons (Fsp3) is 0.308. The second-order valence-electron chi connectivity index (χ2n) is 9.18. The fourth-order valence-corrected chi connectivity index (χ4v) is 4.28. The molecule has 0 spiro atoms. The van der Waals surface area contributed by atoms with Gasteiger partial charge in [-0.15, -0.1) is 0 Å². The van der Waals surface area contributed by atoms with Crippen molar-refractivity contribution >= 4 is 21.9 Å². The maximum Gasteiger partial charge on any atom is 0.338 e. The zero-order valence-corrected chi connectivity index (χ0v) is 21.0. The molecule has 9 heteroatoms. The molecule has 0 saturated carbocycles. The predicted octanol–water partition coefficient (Wildman–Crippen LogP) is 4.09. The van der Waals surface area contributed by atoms with Crippen molar-refractivity contribution in [3.8, 4) is 0 Å². The molecule has 8 nitrogen and oxygen atoms in total. The molecule has 0 bridgehead atoms. The van der Waals surface area contributed by atoms with Crippen LogP contribution < -0.4 is 10.0 Å². The van der Waals surface area contributed by atoms with E-state index in [9.17, 15) is 18.0 Å². The first-order valence-corrected chi connectivity index (χ1v) is 12.6. The van der Waals surface area contributed by atoms with Gasteiger partial charge in [0.15, 0.2) is 6.61 Å². The van der Waals surface area contributed by atoms with E-state index in [0.29, 0.717) is 11.3 Å². The van der Waals surface area contributed by atoms with Crippen LogP contribution in [0.2, 0.25) is 0 Å². The number of sulfonamides is 1. The first-order valence-electron chi connectivity index (χ1n) is 11.1. The van der Waals surface area contributed by atoms with Gasteiger partial charge in [-0.3, -0.25) is 4.79 Å². The molecule has 1 aromatic heterocycles. The minimum atomic E-state index is -3.68. The lowest BCUT2D eigenvalue weighted by Crippen LogP contribution is -2.31. The Morgan fingerprint density at radius 2 is 1.66 bits per heavy atom. The molecular weight excluding hydrogens is 468 g/mol. The van der Waals surface area contributed by atoms with Gasteiger partial charge in [-0.2, -0.15) is 0 Å². The van der Waals surface area contributed by atoms with Gasteiger partial charge in [-0.1, -0.05) is 45.0 Å². The molecule has 0 aliphatic rings. The predicted molar refractivity (Wildman–Crippen MR) is 131 cm³/mol. The maximum absolute atomic E-state index is 12.6. The molecule has 0 aliphatic carbocycles. The van der Waals surface area contributed by atoms with Crippen LogP contribution in [-0.2, 0) is 31.5 Å². The SMILES string of the molecule is CC(NC(=O)COC(=O)c1ccc(CNS(=O)(=O)c2ccc(C(C)(C)C)cc2)cc1)c1ccco1. The topological polar surface area (TPSA) is 115 Å². The summed E-state index contributed by atoms with van der Waals surface area (Å²) >= 11 is 0. The van der Waals surface area contributed by atoms with E-state index >= 15 is 0 Å². The lowest BCUT2D eigenvalue weighted by Gasteiger charge is -2.19. The van der Waals surface area contributed by atoms with Crippen molar-refractivity contribution in [3.05, 3.63) is 89.4 Å². The molecule has 1 unspecified atom stereocenters. The third kappa shape index (κ3) is 7.27. The number of benzene rings is 2. The third-order valence-electron chi connectivity index (χ3n) is 5.37. The van der Waals surface area contributed by atoms with Gasteiger partial charge in [0.25, 0.3) is 5.91 Å². The Bertz CT molecular complexity index is 1240. The monoisotopic (exact) mass is 498 g/mol. The molecule has 2 N–H and O–H groups in total. The Morgan fingerprint density at radius 1 is 1.00 bits per heavy atom. The van der Waals surface area contributed by atoms with Gasteiger partial charge in [0, 0.05) is 6.54 Å². The van der Waals surface area contributed by atoms with Crippen LogP contribution in [0.25, 0.3) is 0 Å². The summed E-state index contributed by atoms with van der Waals surface area (Å²) in [6.45, 7) is 7.57. The van der Waals surface area contributed by atoms with Crippen LogP contribution in [0.3, 0.4) is 0 Å². The molecule has 3 rings (SSSR count). The van der Waals surface area contributed by atoms with E-state index < -0.39 is 28.5 Å². The fourth-order valence-electron chi connectivity index (χ4n) is 3.26. The highest BCUT2D eigenvalue weighted by atomic mass is 32.2. The smallest absolute Gasteiger partial charge is 0.338 e. The zero-order chi connectivity index (χ0) is 25.6. The quantitative estimate of drug-likeness (QED) is 0.430. The molecule has 3 aromatic rings.